The molecule has 2 aromatic carbocycles. The van der Waals surface area contributed by atoms with Gasteiger partial charge in [-0.2, -0.15) is 5.26 Å². The molecule has 2 aromatic rings. The molecule has 7 heteroatoms. The predicted octanol–water partition coefficient (Wildman–Crippen LogP) is 2.90. The van der Waals surface area contributed by atoms with Crippen LogP contribution < -0.4 is 16.0 Å². The van der Waals surface area contributed by atoms with Gasteiger partial charge in [0.05, 0.1) is 24.7 Å². The summed E-state index contributed by atoms with van der Waals surface area (Å²) < 4.78 is 13.6. The molecule has 2 amide bonds. The van der Waals surface area contributed by atoms with Crippen molar-refractivity contribution in [3.8, 4) is 6.07 Å². The first kappa shape index (κ1) is 17.9. The number of carbonyl (C=O) groups excluding carboxylic acids is 2. The summed E-state index contributed by atoms with van der Waals surface area (Å²) in [4.78, 5) is 23.0. The highest BCUT2D eigenvalue weighted by molar-refractivity contribution is 5.94. The maximum Gasteiger partial charge on any atom is 0.243 e. The fraction of sp³-hybridized carbons (Fsp3) is 0.167. The van der Waals surface area contributed by atoms with Crippen LogP contribution in [-0.4, -0.2) is 18.4 Å². The topological polar surface area (TPSA) is 94.0 Å². The van der Waals surface area contributed by atoms with Gasteiger partial charge in [0.25, 0.3) is 0 Å². The average molecular weight is 340 g/mol. The number of nitrogens with one attached hydrogen (secondary N) is 3. The molecule has 3 N–H and O–H groups in total. The van der Waals surface area contributed by atoms with Crippen LogP contribution in [0.4, 0.5) is 21.5 Å². The summed E-state index contributed by atoms with van der Waals surface area (Å²) in [6, 6.07) is 13.1. The summed E-state index contributed by atoms with van der Waals surface area (Å²) >= 11 is 0. The van der Waals surface area contributed by atoms with Crippen LogP contribution in [0.5, 0.6) is 0 Å². The van der Waals surface area contributed by atoms with Crippen LogP contribution in [-0.2, 0) is 16.0 Å². The zero-order valence-corrected chi connectivity index (χ0v) is 13.6. The Balaban J connectivity index is 1.91. The molecule has 0 unspecified atom stereocenters. The van der Waals surface area contributed by atoms with Crippen molar-refractivity contribution in [2.45, 2.75) is 13.3 Å². The highest BCUT2D eigenvalue weighted by Gasteiger charge is 2.07. The van der Waals surface area contributed by atoms with Crippen LogP contribution in [0.25, 0.3) is 0 Å². The van der Waals surface area contributed by atoms with Crippen LogP contribution >= 0.6 is 0 Å². The van der Waals surface area contributed by atoms with Crippen LogP contribution in [0, 0.1) is 17.1 Å². The lowest BCUT2D eigenvalue weighted by molar-refractivity contribution is -0.115. The Morgan fingerprint density at radius 2 is 1.76 bits per heavy atom. The van der Waals surface area contributed by atoms with E-state index in [1.165, 1.54) is 25.1 Å². The monoisotopic (exact) mass is 340 g/mol. The molecule has 0 spiro atoms. The number of nitriles is 1. The number of amides is 2. The highest BCUT2D eigenvalue weighted by Crippen LogP contribution is 2.19. The van der Waals surface area contributed by atoms with Gasteiger partial charge in [0.15, 0.2) is 0 Å². The maximum atomic E-state index is 13.6. The van der Waals surface area contributed by atoms with Crippen LogP contribution in [0.1, 0.15) is 12.5 Å². The third kappa shape index (κ3) is 5.62. The van der Waals surface area contributed by atoms with Crippen LogP contribution in [0.2, 0.25) is 0 Å². The van der Waals surface area contributed by atoms with E-state index < -0.39 is 5.82 Å². The predicted molar refractivity (Wildman–Crippen MR) is 93.6 cm³/mol. The molecule has 0 atom stereocenters. The molecule has 0 heterocycles. The van der Waals surface area contributed by atoms with Crippen molar-refractivity contribution in [2.24, 2.45) is 0 Å². The summed E-state index contributed by atoms with van der Waals surface area (Å²) in [5, 5.41) is 16.6. The summed E-state index contributed by atoms with van der Waals surface area (Å²) in [6.45, 7) is 1.26. The second-order valence-electron chi connectivity index (χ2n) is 5.31. The van der Waals surface area contributed by atoms with E-state index in [0.717, 1.165) is 5.56 Å². The third-order valence-corrected chi connectivity index (χ3v) is 3.25. The Kier molecular flexibility index (Phi) is 6.07. The second-order valence-corrected chi connectivity index (χ2v) is 5.31. The molecule has 0 aliphatic heterocycles. The second kappa shape index (κ2) is 8.45. The summed E-state index contributed by atoms with van der Waals surface area (Å²) in [6.07, 6.45) is 0.316. The van der Waals surface area contributed by atoms with Crippen molar-refractivity contribution >= 4 is 28.9 Å². The number of hydrogen-bond donors (Lipinski definition) is 3. The van der Waals surface area contributed by atoms with Gasteiger partial charge in [0.2, 0.25) is 11.8 Å². The van der Waals surface area contributed by atoms with Gasteiger partial charge in [-0.25, -0.2) is 4.39 Å². The normalized spacial score (nSPS) is 9.80. The van der Waals surface area contributed by atoms with E-state index in [4.69, 9.17) is 5.26 Å². The highest BCUT2D eigenvalue weighted by atomic mass is 19.1. The zero-order chi connectivity index (χ0) is 18.2. The molecule has 0 radical (unpaired) electrons. The minimum absolute atomic E-state index is 0.0227. The first-order valence-corrected chi connectivity index (χ1v) is 7.54. The number of hydrogen-bond acceptors (Lipinski definition) is 4. The number of rotatable bonds is 6. The molecule has 0 saturated heterocycles. The molecular weight excluding hydrogens is 323 g/mol. The minimum atomic E-state index is -0.553. The standard InChI is InChI=1S/C18H17FN4O2/c1-12(24)22-17-10-15(6-7-16(17)19)21-11-18(25)23-14-4-2-13(3-5-14)8-9-20/h2-7,10,21H,8,11H2,1H3,(H,22,24)(H,23,25). The van der Waals surface area contributed by atoms with Gasteiger partial charge >= 0.3 is 0 Å². The number of halogens is 1. The van der Waals surface area contributed by atoms with Gasteiger partial charge in [-0.3, -0.25) is 9.59 Å². The Bertz CT molecular complexity index is 813. The molecule has 2 rings (SSSR count). The Morgan fingerprint density at radius 1 is 1.08 bits per heavy atom. The Labute approximate surface area is 144 Å². The molecule has 0 bridgehead atoms. The number of nitrogens with zero attached hydrogens (tertiary/aromatic N) is 1. The van der Waals surface area contributed by atoms with E-state index in [9.17, 15) is 14.0 Å². The van der Waals surface area contributed by atoms with E-state index in [-0.39, 0.29) is 24.0 Å². The van der Waals surface area contributed by atoms with Gasteiger partial charge in [0, 0.05) is 18.3 Å². The third-order valence-electron chi connectivity index (χ3n) is 3.25. The van der Waals surface area contributed by atoms with Crippen LogP contribution in [0.15, 0.2) is 42.5 Å². The van der Waals surface area contributed by atoms with Crippen molar-refractivity contribution in [2.75, 3.05) is 22.5 Å². The van der Waals surface area contributed by atoms with Crippen molar-refractivity contribution in [1.29, 1.82) is 5.26 Å². The Morgan fingerprint density at radius 3 is 2.40 bits per heavy atom. The lowest BCUT2D eigenvalue weighted by atomic mass is 10.1. The number of anilines is 3. The first-order chi connectivity index (χ1) is 12.0. The van der Waals surface area contributed by atoms with E-state index >= 15 is 0 Å². The molecule has 0 fully saturated rings. The van der Waals surface area contributed by atoms with E-state index in [2.05, 4.69) is 22.0 Å². The van der Waals surface area contributed by atoms with Gasteiger partial charge in [-0.15, -0.1) is 0 Å². The lowest BCUT2D eigenvalue weighted by Crippen LogP contribution is -2.21. The smallest absolute Gasteiger partial charge is 0.243 e. The van der Waals surface area contributed by atoms with Crippen molar-refractivity contribution < 1.29 is 14.0 Å². The molecule has 128 valence electrons. The summed E-state index contributed by atoms with van der Waals surface area (Å²) in [5.41, 5.74) is 2.04. The van der Waals surface area contributed by atoms with Crippen molar-refractivity contribution in [3.05, 3.63) is 53.8 Å². The maximum absolute atomic E-state index is 13.6. The van der Waals surface area contributed by atoms with Gasteiger partial charge in [-0.05, 0) is 35.9 Å². The lowest BCUT2D eigenvalue weighted by Gasteiger charge is -2.10. The fourth-order valence-corrected chi connectivity index (χ4v) is 2.11. The quantitative estimate of drug-likeness (QED) is 0.754. The molecule has 6 nitrogen and oxygen atoms in total. The molecule has 25 heavy (non-hydrogen) atoms. The number of benzene rings is 2. The molecule has 0 aliphatic carbocycles. The number of carbonyl (C=O) groups is 2. The molecular formula is C18H17FN4O2. The first-order valence-electron chi connectivity index (χ1n) is 7.54. The van der Waals surface area contributed by atoms with Gasteiger partial charge in [-0.1, -0.05) is 12.1 Å². The van der Waals surface area contributed by atoms with E-state index in [0.29, 0.717) is 17.8 Å². The average Bonchev–Trinajstić information content (AvgIpc) is 2.57. The van der Waals surface area contributed by atoms with Crippen molar-refractivity contribution in [3.63, 3.8) is 0 Å². The zero-order valence-electron chi connectivity index (χ0n) is 13.6. The SMILES string of the molecule is CC(=O)Nc1cc(NCC(=O)Nc2ccc(CC#N)cc2)ccc1F. The van der Waals surface area contributed by atoms with Crippen LogP contribution in [0.3, 0.4) is 0 Å². The van der Waals surface area contributed by atoms with E-state index in [1.54, 1.807) is 24.3 Å². The van der Waals surface area contributed by atoms with Crippen molar-refractivity contribution in [1.82, 2.24) is 0 Å². The van der Waals surface area contributed by atoms with Gasteiger partial charge < -0.3 is 16.0 Å². The fourth-order valence-electron chi connectivity index (χ4n) is 2.11. The Hall–Kier alpha value is -3.40. The minimum Gasteiger partial charge on any atom is -0.376 e. The van der Waals surface area contributed by atoms with E-state index in [1.807, 2.05) is 0 Å². The largest absolute Gasteiger partial charge is 0.376 e. The van der Waals surface area contributed by atoms with Gasteiger partial charge in [0.1, 0.15) is 5.82 Å². The molecule has 0 aliphatic rings. The summed E-state index contributed by atoms with van der Waals surface area (Å²) in [5.74, 6) is -1.21. The molecule has 0 aromatic heterocycles. The summed E-state index contributed by atoms with van der Waals surface area (Å²) in [7, 11) is 0. The molecule has 0 saturated carbocycles.